The lowest BCUT2D eigenvalue weighted by atomic mass is 10.2. The van der Waals surface area contributed by atoms with Gasteiger partial charge in [0.25, 0.3) is 0 Å². The molecule has 20 heavy (non-hydrogen) atoms. The Hall–Kier alpha value is -1.47. The van der Waals surface area contributed by atoms with Crippen LogP contribution in [0, 0.1) is 0 Å². The summed E-state index contributed by atoms with van der Waals surface area (Å²) in [5.41, 5.74) is 1.20. The first-order chi connectivity index (χ1) is 9.78. The van der Waals surface area contributed by atoms with Gasteiger partial charge in [0.15, 0.2) is 5.82 Å². The van der Waals surface area contributed by atoms with E-state index in [1.807, 2.05) is 6.20 Å². The third-order valence-corrected chi connectivity index (χ3v) is 3.85. The third-order valence-electron chi connectivity index (χ3n) is 3.41. The number of hydrogen-bond acceptors (Lipinski definition) is 5. The largest absolute Gasteiger partial charge is 0.347 e. The number of fused-ring (bicyclic) bond motifs is 1. The SMILES string of the molecule is CCNCc1cc(Br)cnc1N1CCn2cnnc2C1. The molecule has 0 saturated carbocycles. The third kappa shape index (κ3) is 2.69. The maximum atomic E-state index is 4.59. The quantitative estimate of drug-likeness (QED) is 0.918. The van der Waals surface area contributed by atoms with Crippen LogP contribution in [-0.4, -0.2) is 32.8 Å². The zero-order valence-electron chi connectivity index (χ0n) is 11.4. The van der Waals surface area contributed by atoms with Crippen molar-refractivity contribution in [1.82, 2.24) is 25.1 Å². The second kappa shape index (κ2) is 5.88. The van der Waals surface area contributed by atoms with Crippen molar-refractivity contribution in [1.29, 1.82) is 0 Å². The van der Waals surface area contributed by atoms with Gasteiger partial charge >= 0.3 is 0 Å². The number of aromatic nitrogens is 4. The maximum Gasteiger partial charge on any atom is 0.152 e. The van der Waals surface area contributed by atoms with Crippen molar-refractivity contribution < 1.29 is 0 Å². The summed E-state index contributed by atoms with van der Waals surface area (Å²) in [5, 5.41) is 11.5. The molecule has 0 aromatic carbocycles. The summed E-state index contributed by atoms with van der Waals surface area (Å²) in [6, 6.07) is 2.13. The highest BCUT2D eigenvalue weighted by molar-refractivity contribution is 9.10. The average molecular weight is 337 g/mol. The van der Waals surface area contributed by atoms with Crippen molar-refractivity contribution in [2.45, 2.75) is 26.6 Å². The van der Waals surface area contributed by atoms with Crippen molar-refractivity contribution in [2.75, 3.05) is 18.0 Å². The van der Waals surface area contributed by atoms with Crippen LogP contribution in [0.3, 0.4) is 0 Å². The van der Waals surface area contributed by atoms with Gasteiger partial charge in [-0.3, -0.25) is 0 Å². The van der Waals surface area contributed by atoms with Crippen LogP contribution < -0.4 is 10.2 Å². The molecule has 0 saturated heterocycles. The molecule has 0 fully saturated rings. The van der Waals surface area contributed by atoms with Gasteiger partial charge in [-0.15, -0.1) is 10.2 Å². The molecule has 6 nitrogen and oxygen atoms in total. The molecule has 0 atom stereocenters. The number of nitrogens with one attached hydrogen (secondary N) is 1. The van der Waals surface area contributed by atoms with Gasteiger partial charge in [0.1, 0.15) is 12.1 Å². The van der Waals surface area contributed by atoms with Crippen LogP contribution in [0.5, 0.6) is 0 Å². The Morgan fingerprint density at radius 2 is 2.30 bits per heavy atom. The summed E-state index contributed by atoms with van der Waals surface area (Å²) in [4.78, 5) is 6.86. The molecule has 0 unspecified atom stereocenters. The molecule has 7 heteroatoms. The highest BCUT2D eigenvalue weighted by Gasteiger charge is 2.20. The lowest BCUT2D eigenvalue weighted by Gasteiger charge is -2.29. The number of rotatable bonds is 4. The van der Waals surface area contributed by atoms with Gasteiger partial charge in [-0.1, -0.05) is 6.92 Å². The normalized spacial score (nSPS) is 14.4. The van der Waals surface area contributed by atoms with Crippen LogP contribution >= 0.6 is 15.9 Å². The highest BCUT2D eigenvalue weighted by atomic mass is 79.9. The first-order valence-corrected chi connectivity index (χ1v) is 7.54. The predicted molar refractivity (Wildman–Crippen MR) is 80.4 cm³/mol. The predicted octanol–water partition coefficient (Wildman–Crippen LogP) is 1.57. The Morgan fingerprint density at radius 1 is 1.40 bits per heavy atom. The van der Waals surface area contributed by atoms with Gasteiger partial charge in [-0.05, 0) is 28.5 Å². The summed E-state index contributed by atoms with van der Waals surface area (Å²) in [6.07, 6.45) is 3.64. The fraction of sp³-hybridized carbons (Fsp3) is 0.462. The van der Waals surface area contributed by atoms with E-state index in [2.05, 4.69) is 58.9 Å². The Labute approximate surface area is 126 Å². The topological polar surface area (TPSA) is 58.9 Å². The van der Waals surface area contributed by atoms with Gasteiger partial charge < -0.3 is 14.8 Å². The molecule has 0 aliphatic carbocycles. The second-order valence-electron chi connectivity index (χ2n) is 4.78. The summed E-state index contributed by atoms with van der Waals surface area (Å²) in [7, 11) is 0. The van der Waals surface area contributed by atoms with E-state index in [4.69, 9.17) is 0 Å². The van der Waals surface area contributed by atoms with E-state index >= 15 is 0 Å². The van der Waals surface area contributed by atoms with Crippen LogP contribution in [-0.2, 0) is 19.6 Å². The molecule has 3 rings (SSSR count). The molecule has 106 valence electrons. The second-order valence-corrected chi connectivity index (χ2v) is 5.69. The number of hydrogen-bond donors (Lipinski definition) is 1. The number of halogens is 1. The molecule has 1 N–H and O–H groups in total. The molecule has 0 amide bonds. The van der Waals surface area contributed by atoms with E-state index in [1.54, 1.807) is 6.33 Å². The lowest BCUT2D eigenvalue weighted by molar-refractivity contribution is 0.553. The van der Waals surface area contributed by atoms with E-state index in [0.29, 0.717) is 0 Å². The van der Waals surface area contributed by atoms with Crippen molar-refractivity contribution in [3.63, 3.8) is 0 Å². The highest BCUT2D eigenvalue weighted by Crippen LogP contribution is 2.24. The molecule has 2 aromatic rings. The van der Waals surface area contributed by atoms with E-state index in [-0.39, 0.29) is 0 Å². The summed E-state index contributed by atoms with van der Waals surface area (Å²) in [6.45, 7) is 6.46. The van der Waals surface area contributed by atoms with Crippen LogP contribution in [0.1, 0.15) is 18.3 Å². The zero-order valence-corrected chi connectivity index (χ0v) is 13.0. The van der Waals surface area contributed by atoms with E-state index < -0.39 is 0 Å². The van der Waals surface area contributed by atoms with Crippen LogP contribution in [0.15, 0.2) is 23.1 Å². The maximum absolute atomic E-state index is 4.59. The van der Waals surface area contributed by atoms with Crippen LogP contribution in [0.4, 0.5) is 5.82 Å². The van der Waals surface area contributed by atoms with Crippen LogP contribution in [0.2, 0.25) is 0 Å². The van der Waals surface area contributed by atoms with Crippen molar-refractivity contribution in [2.24, 2.45) is 0 Å². The molecule has 1 aliphatic heterocycles. The summed E-state index contributed by atoms with van der Waals surface area (Å²) >= 11 is 3.50. The van der Waals surface area contributed by atoms with Gasteiger partial charge in [0, 0.05) is 35.9 Å². The molecule has 3 heterocycles. The molecule has 0 bridgehead atoms. The summed E-state index contributed by atoms with van der Waals surface area (Å²) in [5.74, 6) is 2.03. The standard InChI is InChI=1S/C13H17BrN6/c1-2-15-6-10-5-11(14)7-16-13(10)19-3-4-20-9-17-18-12(20)8-19/h5,7,9,15H,2-4,6,8H2,1H3. The molecule has 0 spiro atoms. The van der Waals surface area contributed by atoms with Gasteiger partial charge in [-0.2, -0.15) is 0 Å². The van der Waals surface area contributed by atoms with Gasteiger partial charge in [0.2, 0.25) is 0 Å². The smallest absolute Gasteiger partial charge is 0.152 e. The fourth-order valence-corrected chi connectivity index (χ4v) is 2.77. The minimum absolute atomic E-state index is 0.758. The fourth-order valence-electron chi connectivity index (χ4n) is 2.40. The number of pyridine rings is 1. The van der Waals surface area contributed by atoms with E-state index in [0.717, 1.165) is 48.8 Å². The summed E-state index contributed by atoms with van der Waals surface area (Å²) < 4.78 is 3.11. The van der Waals surface area contributed by atoms with Crippen molar-refractivity contribution in [3.8, 4) is 0 Å². The Kier molecular flexibility index (Phi) is 3.98. The number of nitrogens with zero attached hydrogens (tertiary/aromatic N) is 5. The zero-order chi connectivity index (χ0) is 13.9. The molecule has 1 aliphatic rings. The first-order valence-electron chi connectivity index (χ1n) is 6.74. The minimum Gasteiger partial charge on any atom is -0.347 e. The average Bonchev–Trinajstić information content (AvgIpc) is 2.92. The Bertz CT molecular complexity index is 596. The molecule has 0 radical (unpaired) electrons. The van der Waals surface area contributed by atoms with Gasteiger partial charge in [-0.25, -0.2) is 4.98 Å². The molecule has 2 aromatic heterocycles. The Morgan fingerprint density at radius 3 is 3.15 bits per heavy atom. The molecular weight excluding hydrogens is 320 g/mol. The van der Waals surface area contributed by atoms with Crippen LogP contribution in [0.25, 0.3) is 0 Å². The Balaban J connectivity index is 1.86. The van der Waals surface area contributed by atoms with Crippen molar-refractivity contribution in [3.05, 3.63) is 34.5 Å². The van der Waals surface area contributed by atoms with E-state index in [1.165, 1.54) is 5.56 Å². The van der Waals surface area contributed by atoms with E-state index in [9.17, 15) is 0 Å². The minimum atomic E-state index is 0.758. The monoisotopic (exact) mass is 336 g/mol. The first kappa shape index (κ1) is 13.5. The number of anilines is 1. The molecular formula is C13H17BrN6. The van der Waals surface area contributed by atoms with Crippen molar-refractivity contribution >= 4 is 21.7 Å². The van der Waals surface area contributed by atoms with Gasteiger partial charge in [0.05, 0.1) is 6.54 Å². The lowest BCUT2D eigenvalue weighted by Crippen LogP contribution is -2.35.